The minimum absolute atomic E-state index is 0.0400. The number of hydrogen-bond acceptors (Lipinski definition) is 7. The first-order valence-electron chi connectivity index (χ1n) is 11.8. The molecule has 37 heavy (non-hydrogen) atoms. The van der Waals surface area contributed by atoms with Gasteiger partial charge in [0.1, 0.15) is 5.69 Å². The molecule has 0 atom stereocenters. The summed E-state index contributed by atoms with van der Waals surface area (Å²) >= 11 is 0. The third-order valence-corrected chi connectivity index (χ3v) is 6.21. The molecular weight excluding hydrogens is 470 g/mol. The van der Waals surface area contributed by atoms with Gasteiger partial charge in [-0.15, -0.1) is 0 Å². The molecule has 0 bridgehead atoms. The fourth-order valence-corrected chi connectivity index (χ4v) is 3.95. The Bertz CT molecular complexity index is 1350. The van der Waals surface area contributed by atoms with E-state index in [1.807, 2.05) is 73.5 Å². The second-order valence-electron chi connectivity index (χ2n) is 8.61. The second-order valence-corrected chi connectivity index (χ2v) is 8.61. The molecule has 0 fully saturated rings. The first-order chi connectivity index (χ1) is 17.8. The number of anilines is 3. The fourth-order valence-electron chi connectivity index (χ4n) is 3.95. The van der Waals surface area contributed by atoms with Crippen LogP contribution < -0.4 is 15.5 Å². The van der Waals surface area contributed by atoms with Crippen molar-refractivity contribution in [3.63, 3.8) is 0 Å². The van der Waals surface area contributed by atoms with Gasteiger partial charge in [0, 0.05) is 43.8 Å². The number of amides is 2. The van der Waals surface area contributed by atoms with Gasteiger partial charge in [0.2, 0.25) is 5.91 Å². The molecule has 0 spiro atoms. The van der Waals surface area contributed by atoms with Gasteiger partial charge in [-0.2, -0.15) is 0 Å². The van der Waals surface area contributed by atoms with E-state index in [9.17, 15) is 14.4 Å². The molecule has 0 unspecified atom stereocenters. The Hall–Kier alpha value is -4.66. The summed E-state index contributed by atoms with van der Waals surface area (Å²) in [7, 11) is 4.94. The number of ether oxygens (including phenoxy) is 1. The average molecular weight is 500 g/mol. The Morgan fingerprint density at radius 2 is 1.76 bits per heavy atom. The number of carbonyl (C=O) groups excluding carboxylic acids is 3. The molecule has 2 heterocycles. The van der Waals surface area contributed by atoms with E-state index in [4.69, 9.17) is 4.74 Å². The van der Waals surface area contributed by atoms with Gasteiger partial charge in [0.25, 0.3) is 5.91 Å². The maximum Gasteiger partial charge on any atom is 0.356 e. The molecule has 4 rings (SSSR count). The number of fused-ring (bicyclic) bond motifs is 1. The topological polar surface area (TPSA) is 104 Å². The predicted octanol–water partition coefficient (Wildman–Crippen LogP) is 3.72. The van der Waals surface area contributed by atoms with Crippen LogP contribution in [-0.2, 0) is 14.3 Å². The number of nitrogens with one attached hydrogen (secondary N) is 2. The van der Waals surface area contributed by atoms with Crippen molar-refractivity contribution in [2.75, 3.05) is 49.8 Å². The van der Waals surface area contributed by atoms with Crippen molar-refractivity contribution >= 4 is 46.1 Å². The Morgan fingerprint density at radius 3 is 2.41 bits per heavy atom. The largest absolute Gasteiger partial charge is 0.464 e. The number of hydrogen-bond donors (Lipinski definition) is 2. The van der Waals surface area contributed by atoms with Crippen molar-refractivity contribution < 1.29 is 19.1 Å². The van der Waals surface area contributed by atoms with Gasteiger partial charge in [0.15, 0.2) is 0 Å². The molecule has 2 amide bonds. The molecule has 9 heteroatoms. The van der Waals surface area contributed by atoms with Crippen molar-refractivity contribution in [3.05, 3.63) is 83.7 Å². The minimum Gasteiger partial charge on any atom is -0.464 e. The number of likely N-dealkylation sites (N-methyl/N-ethyl adjacent to an activating group) is 2. The Labute approximate surface area is 215 Å². The molecule has 0 radical (unpaired) electrons. The van der Waals surface area contributed by atoms with Crippen LogP contribution in [0.4, 0.5) is 17.1 Å². The van der Waals surface area contributed by atoms with E-state index in [0.717, 1.165) is 16.9 Å². The Balaban J connectivity index is 1.67. The summed E-state index contributed by atoms with van der Waals surface area (Å²) in [5, 5.41) is 6.23. The number of pyridine rings is 1. The predicted molar refractivity (Wildman–Crippen MR) is 144 cm³/mol. The highest BCUT2D eigenvalue weighted by Gasteiger charge is 2.30. The number of aromatic nitrogens is 1. The molecule has 9 nitrogen and oxygen atoms in total. The maximum absolute atomic E-state index is 13.1. The van der Waals surface area contributed by atoms with Gasteiger partial charge in [-0.1, -0.05) is 30.3 Å². The lowest BCUT2D eigenvalue weighted by molar-refractivity contribution is -0.128. The molecule has 0 saturated carbocycles. The first kappa shape index (κ1) is 25.4. The average Bonchev–Trinajstić information content (AvgIpc) is 3.25. The van der Waals surface area contributed by atoms with Crippen molar-refractivity contribution in [1.82, 2.24) is 9.88 Å². The van der Waals surface area contributed by atoms with Gasteiger partial charge in [0.05, 0.1) is 30.6 Å². The maximum atomic E-state index is 13.1. The van der Waals surface area contributed by atoms with Gasteiger partial charge in [-0.05, 0) is 42.8 Å². The molecule has 1 aliphatic heterocycles. The molecular formula is C28H29N5O4. The Morgan fingerprint density at radius 1 is 1.05 bits per heavy atom. The highest BCUT2D eigenvalue weighted by Crippen LogP contribution is 2.37. The van der Waals surface area contributed by atoms with E-state index >= 15 is 0 Å². The first-order valence-corrected chi connectivity index (χ1v) is 11.8. The summed E-state index contributed by atoms with van der Waals surface area (Å²) in [4.78, 5) is 45.1. The van der Waals surface area contributed by atoms with Crippen LogP contribution in [0, 0.1) is 0 Å². The van der Waals surface area contributed by atoms with Crippen LogP contribution in [-0.4, -0.2) is 62.0 Å². The summed E-state index contributed by atoms with van der Waals surface area (Å²) in [6.07, 6.45) is 1.50. The number of esters is 1. The lowest BCUT2D eigenvalue weighted by Gasteiger charge is -2.23. The van der Waals surface area contributed by atoms with Gasteiger partial charge < -0.3 is 25.2 Å². The van der Waals surface area contributed by atoms with E-state index in [1.165, 1.54) is 19.4 Å². The fraction of sp³-hybridized carbons (Fsp3) is 0.214. The van der Waals surface area contributed by atoms with Gasteiger partial charge in [-0.25, -0.2) is 9.78 Å². The monoisotopic (exact) mass is 499 g/mol. The van der Waals surface area contributed by atoms with Crippen LogP contribution >= 0.6 is 0 Å². The summed E-state index contributed by atoms with van der Waals surface area (Å²) < 4.78 is 4.75. The van der Waals surface area contributed by atoms with Gasteiger partial charge in [-0.3, -0.25) is 9.59 Å². The smallest absolute Gasteiger partial charge is 0.356 e. The highest BCUT2D eigenvalue weighted by molar-refractivity contribution is 6.37. The number of nitrogens with zero attached hydrogens (tertiary/aromatic N) is 3. The van der Waals surface area contributed by atoms with Gasteiger partial charge >= 0.3 is 5.97 Å². The number of benzene rings is 2. The van der Waals surface area contributed by atoms with E-state index in [0.29, 0.717) is 29.1 Å². The summed E-state index contributed by atoms with van der Waals surface area (Å²) in [6.45, 7) is 2.87. The number of carbonyl (C=O) groups is 3. The zero-order valence-corrected chi connectivity index (χ0v) is 21.2. The van der Waals surface area contributed by atoms with E-state index in [-0.39, 0.29) is 24.1 Å². The standard InChI is InChI=1S/C28H29N5O4/c1-5-32(2)24(34)17-33(3)20-13-11-19(12-14-20)30-26(18-9-7-6-8-10-18)25-21-16-29-23(28(36)37-4)15-22(21)31-27(25)35/h6-16,30H,5,17H2,1-4H3,(H,31,35)/b26-25+. The van der Waals surface area contributed by atoms with E-state index < -0.39 is 5.97 Å². The molecule has 2 aromatic carbocycles. The van der Waals surface area contributed by atoms with Crippen LogP contribution in [0.2, 0.25) is 0 Å². The van der Waals surface area contributed by atoms with Crippen molar-refractivity contribution in [2.45, 2.75) is 6.92 Å². The third-order valence-electron chi connectivity index (χ3n) is 6.21. The number of methoxy groups -OCH3 is 1. The zero-order valence-electron chi connectivity index (χ0n) is 21.2. The lowest BCUT2D eigenvalue weighted by Crippen LogP contribution is -2.36. The van der Waals surface area contributed by atoms with Crippen LogP contribution in [0.25, 0.3) is 11.3 Å². The van der Waals surface area contributed by atoms with Crippen molar-refractivity contribution in [1.29, 1.82) is 0 Å². The Kier molecular flexibility index (Phi) is 7.52. The molecule has 1 aromatic heterocycles. The lowest BCUT2D eigenvalue weighted by atomic mass is 10.0. The molecule has 0 aliphatic carbocycles. The summed E-state index contributed by atoms with van der Waals surface area (Å²) in [6, 6.07) is 18.7. The second kappa shape index (κ2) is 10.9. The van der Waals surface area contributed by atoms with Crippen LogP contribution in [0.1, 0.15) is 28.5 Å². The van der Waals surface area contributed by atoms with Crippen LogP contribution in [0.15, 0.2) is 66.9 Å². The highest BCUT2D eigenvalue weighted by atomic mass is 16.5. The minimum atomic E-state index is -0.580. The van der Waals surface area contributed by atoms with Crippen molar-refractivity contribution in [2.24, 2.45) is 0 Å². The van der Waals surface area contributed by atoms with Crippen LogP contribution in [0.3, 0.4) is 0 Å². The van der Waals surface area contributed by atoms with E-state index in [2.05, 4.69) is 15.6 Å². The zero-order chi connectivity index (χ0) is 26.5. The molecule has 190 valence electrons. The summed E-state index contributed by atoms with van der Waals surface area (Å²) in [5.74, 6) is -0.845. The number of rotatable bonds is 8. The normalized spacial score (nSPS) is 13.4. The van der Waals surface area contributed by atoms with Crippen molar-refractivity contribution in [3.8, 4) is 0 Å². The van der Waals surface area contributed by atoms with E-state index in [1.54, 1.807) is 11.9 Å². The quantitative estimate of drug-likeness (QED) is 0.360. The SMILES string of the molecule is CCN(C)C(=O)CN(C)c1ccc(N/C(=C2/C(=O)Nc3cc(C(=O)OC)ncc32)c2ccccc2)cc1. The third kappa shape index (κ3) is 5.45. The molecule has 0 saturated heterocycles. The molecule has 1 aliphatic rings. The molecule has 2 N–H and O–H groups in total. The van der Waals surface area contributed by atoms with Crippen LogP contribution in [0.5, 0.6) is 0 Å². The molecule has 3 aromatic rings. The summed E-state index contributed by atoms with van der Waals surface area (Å²) in [5.41, 5.74) is 4.67.